The van der Waals surface area contributed by atoms with Gasteiger partial charge in [-0.15, -0.1) is 11.8 Å². The molecule has 4 nitrogen and oxygen atoms in total. The minimum absolute atomic E-state index is 0.0643. The first kappa shape index (κ1) is 19.8. The van der Waals surface area contributed by atoms with Gasteiger partial charge in [0.1, 0.15) is 0 Å². The molecule has 0 saturated heterocycles. The van der Waals surface area contributed by atoms with Gasteiger partial charge in [0.05, 0.1) is 11.3 Å². The van der Waals surface area contributed by atoms with E-state index in [1.54, 1.807) is 0 Å². The van der Waals surface area contributed by atoms with Crippen molar-refractivity contribution in [2.75, 3.05) is 12.8 Å². The molecule has 1 aliphatic rings. The van der Waals surface area contributed by atoms with Gasteiger partial charge in [-0.3, -0.25) is 9.59 Å². The van der Waals surface area contributed by atoms with Crippen molar-refractivity contribution in [3.8, 4) is 0 Å². The Morgan fingerprint density at radius 3 is 2.60 bits per heavy atom. The summed E-state index contributed by atoms with van der Waals surface area (Å²) in [5.74, 6) is 0.459. The van der Waals surface area contributed by atoms with E-state index in [0.29, 0.717) is 17.4 Å². The highest BCUT2D eigenvalue weighted by atomic mass is 32.2. The van der Waals surface area contributed by atoms with Gasteiger partial charge < -0.3 is 10.2 Å². The van der Waals surface area contributed by atoms with E-state index in [-0.39, 0.29) is 17.9 Å². The van der Waals surface area contributed by atoms with Crippen molar-refractivity contribution >= 4 is 23.6 Å². The van der Waals surface area contributed by atoms with Crippen molar-refractivity contribution in [2.45, 2.75) is 69.4 Å². The Morgan fingerprint density at radius 1 is 1.24 bits per heavy atom. The van der Waals surface area contributed by atoms with Crippen molar-refractivity contribution in [1.82, 2.24) is 10.2 Å². The predicted octanol–water partition coefficient (Wildman–Crippen LogP) is 4.10. The van der Waals surface area contributed by atoms with Crippen molar-refractivity contribution in [3.05, 3.63) is 29.8 Å². The van der Waals surface area contributed by atoms with E-state index in [9.17, 15) is 9.59 Å². The van der Waals surface area contributed by atoms with E-state index in [0.717, 1.165) is 24.2 Å². The monoisotopic (exact) mass is 362 g/mol. The maximum Gasteiger partial charge on any atom is 0.252 e. The first-order chi connectivity index (χ1) is 12.0. The second-order valence-electron chi connectivity index (χ2n) is 6.86. The third kappa shape index (κ3) is 5.77. The molecule has 1 aromatic carbocycles. The summed E-state index contributed by atoms with van der Waals surface area (Å²) in [7, 11) is 1.92. The molecule has 1 aliphatic carbocycles. The second-order valence-corrected chi connectivity index (χ2v) is 7.88. The average molecular weight is 363 g/mol. The van der Waals surface area contributed by atoms with Crippen LogP contribution >= 0.6 is 11.8 Å². The van der Waals surface area contributed by atoms with Gasteiger partial charge in [0.2, 0.25) is 5.91 Å². The van der Waals surface area contributed by atoms with E-state index in [1.165, 1.54) is 31.0 Å². The molecular weight excluding hydrogens is 332 g/mol. The molecule has 0 bridgehead atoms. The van der Waals surface area contributed by atoms with Gasteiger partial charge in [0.15, 0.2) is 0 Å². The molecule has 5 heteroatoms. The number of hydrogen-bond donors (Lipinski definition) is 1. The molecule has 1 fully saturated rings. The second kappa shape index (κ2) is 9.85. The van der Waals surface area contributed by atoms with E-state index >= 15 is 0 Å². The van der Waals surface area contributed by atoms with E-state index in [2.05, 4.69) is 5.32 Å². The summed E-state index contributed by atoms with van der Waals surface area (Å²) in [5, 5.41) is 3.00. The first-order valence-electron chi connectivity index (χ1n) is 9.31. The van der Waals surface area contributed by atoms with E-state index < -0.39 is 0 Å². The van der Waals surface area contributed by atoms with Crippen LogP contribution in [0.1, 0.15) is 62.7 Å². The molecule has 0 aliphatic heterocycles. The third-order valence-corrected chi connectivity index (χ3v) is 6.05. The first-order valence-corrected chi connectivity index (χ1v) is 10.3. The zero-order chi connectivity index (χ0) is 18.2. The maximum atomic E-state index is 12.5. The molecule has 138 valence electrons. The van der Waals surface area contributed by atoms with E-state index in [1.807, 2.05) is 50.1 Å². The zero-order valence-corrected chi connectivity index (χ0v) is 16.4. The molecule has 0 radical (unpaired) electrons. The maximum absolute atomic E-state index is 12.5. The molecule has 1 saturated carbocycles. The number of amides is 2. The SMILES string of the molecule is CCC(C)NC(=O)c1ccccc1SCC(=O)N(C)C1CCCCC1. The fraction of sp³-hybridized carbons (Fsp3) is 0.600. The van der Waals surface area contributed by atoms with Crippen molar-refractivity contribution < 1.29 is 9.59 Å². The fourth-order valence-electron chi connectivity index (χ4n) is 3.10. The van der Waals surface area contributed by atoms with Crippen LogP contribution in [0.2, 0.25) is 0 Å². The number of hydrogen-bond acceptors (Lipinski definition) is 3. The lowest BCUT2D eigenvalue weighted by Gasteiger charge is -2.31. The molecule has 25 heavy (non-hydrogen) atoms. The highest BCUT2D eigenvalue weighted by Crippen LogP contribution is 2.25. The van der Waals surface area contributed by atoms with Crippen molar-refractivity contribution in [1.29, 1.82) is 0 Å². The smallest absolute Gasteiger partial charge is 0.252 e. The summed E-state index contributed by atoms with van der Waals surface area (Å²) in [6, 6.07) is 8.05. The number of rotatable bonds is 7. The summed E-state index contributed by atoms with van der Waals surface area (Å²) in [4.78, 5) is 27.7. The molecule has 1 unspecified atom stereocenters. The zero-order valence-electron chi connectivity index (χ0n) is 15.6. The number of nitrogens with one attached hydrogen (secondary N) is 1. The van der Waals surface area contributed by atoms with Gasteiger partial charge in [0, 0.05) is 24.0 Å². The summed E-state index contributed by atoms with van der Waals surface area (Å²) < 4.78 is 0. The van der Waals surface area contributed by atoms with Crippen LogP contribution in [0.15, 0.2) is 29.2 Å². The Kier molecular flexibility index (Phi) is 7.82. The van der Waals surface area contributed by atoms with Gasteiger partial charge in [0.25, 0.3) is 5.91 Å². The Labute approximate surface area is 155 Å². The Morgan fingerprint density at radius 2 is 1.92 bits per heavy atom. The summed E-state index contributed by atoms with van der Waals surface area (Å²) >= 11 is 1.46. The standard InChI is InChI=1S/C20H30N2O2S/c1-4-15(2)21-20(24)17-12-8-9-13-18(17)25-14-19(23)22(3)16-10-6-5-7-11-16/h8-9,12-13,15-16H,4-7,10-11,14H2,1-3H3,(H,21,24). The minimum Gasteiger partial charge on any atom is -0.350 e. The van der Waals surface area contributed by atoms with Gasteiger partial charge in [-0.2, -0.15) is 0 Å². The van der Waals surface area contributed by atoms with Crippen LogP contribution in [-0.4, -0.2) is 41.6 Å². The average Bonchev–Trinajstić information content (AvgIpc) is 2.66. The molecule has 0 aromatic heterocycles. The predicted molar refractivity (Wildman–Crippen MR) is 104 cm³/mol. The third-order valence-electron chi connectivity index (χ3n) is 4.99. The number of benzene rings is 1. The number of nitrogens with zero attached hydrogens (tertiary/aromatic N) is 1. The van der Waals surface area contributed by atoms with Gasteiger partial charge in [-0.1, -0.05) is 38.3 Å². The molecule has 1 aromatic rings. The summed E-state index contributed by atoms with van der Waals surface area (Å²) in [5.41, 5.74) is 0.654. The normalized spacial score (nSPS) is 16.3. The molecular formula is C20H30N2O2S. The fourth-order valence-corrected chi connectivity index (χ4v) is 4.07. The van der Waals surface area contributed by atoms with Crippen LogP contribution in [0.5, 0.6) is 0 Å². The van der Waals surface area contributed by atoms with Gasteiger partial charge in [-0.05, 0) is 38.3 Å². The number of carbonyl (C=O) groups is 2. The van der Waals surface area contributed by atoms with Gasteiger partial charge >= 0.3 is 0 Å². The number of thioether (sulfide) groups is 1. The highest BCUT2D eigenvalue weighted by Gasteiger charge is 2.22. The Balaban J connectivity index is 1.95. The van der Waals surface area contributed by atoms with Crippen LogP contribution < -0.4 is 5.32 Å². The topological polar surface area (TPSA) is 49.4 Å². The minimum atomic E-state index is -0.0643. The molecule has 0 heterocycles. The molecule has 2 amide bonds. The van der Waals surface area contributed by atoms with Crippen LogP contribution in [0.4, 0.5) is 0 Å². The van der Waals surface area contributed by atoms with Crippen LogP contribution in [0.25, 0.3) is 0 Å². The summed E-state index contributed by atoms with van der Waals surface area (Å²) in [6.07, 6.45) is 6.83. The Bertz CT molecular complexity index is 585. The molecule has 0 spiro atoms. The van der Waals surface area contributed by atoms with Gasteiger partial charge in [-0.25, -0.2) is 0 Å². The summed E-state index contributed by atoms with van der Waals surface area (Å²) in [6.45, 7) is 4.04. The number of carbonyl (C=O) groups excluding carboxylic acids is 2. The van der Waals surface area contributed by atoms with E-state index in [4.69, 9.17) is 0 Å². The molecule has 2 rings (SSSR count). The molecule has 1 atom stereocenters. The highest BCUT2D eigenvalue weighted by molar-refractivity contribution is 8.00. The molecule has 1 N–H and O–H groups in total. The van der Waals surface area contributed by atoms with Crippen LogP contribution in [0, 0.1) is 0 Å². The lowest BCUT2D eigenvalue weighted by atomic mass is 9.94. The van der Waals surface area contributed by atoms with Crippen LogP contribution in [0.3, 0.4) is 0 Å². The Hall–Kier alpha value is -1.49. The van der Waals surface area contributed by atoms with Crippen molar-refractivity contribution in [2.24, 2.45) is 0 Å². The largest absolute Gasteiger partial charge is 0.350 e. The lowest BCUT2D eigenvalue weighted by Crippen LogP contribution is -2.39. The van der Waals surface area contributed by atoms with Crippen LogP contribution in [-0.2, 0) is 4.79 Å². The van der Waals surface area contributed by atoms with Crippen molar-refractivity contribution in [3.63, 3.8) is 0 Å². The quantitative estimate of drug-likeness (QED) is 0.743. The lowest BCUT2D eigenvalue weighted by molar-refractivity contribution is -0.129.